The van der Waals surface area contributed by atoms with Crippen molar-refractivity contribution in [2.75, 3.05) is 5.32 Å². The predicted octanol–water partition coefficient (Wildman–Crippen LogP) is 2.96. The van der Waals surface area contributed by atoms with Crippen LogP contribution in [0.25, 0.3) is 0 Å². The Morgan fingerprint density at radius 1 is 1.29 bits per heavy atom. The van der Waals surface area contributed by atoms with E-state index in [1.165, 1.54) is 12.1 Å². The molecule has 0 bridgehead atoms. The molecule has 0 aliphatic heterocycles. The SMILES string of the molecule is NC(=O)c1cc(NCc2cccc([N+](=O)[O-])c2)ccc1Cl. The van der Waals surface area contributed by atoms with Gasteiger partial charge < -0.3 is 11.1 Å². The zero-order valence-corrected chi connectivity index (χ0v) is 11.6. The molecule has 0 fully saturated rings. The Hall–Kier alpha value is -2.60. The normalized spacial score (nSPS) is 10.1. The van der Waals surface area contributed by atoms with Crippen LogP contribution in [0.4, 0.5) is 11.4 Å². The maximum atomic E-state index is 11.2. The summed E-state index contributed by atoms with van der Waals surface area (Å²) in [6.07, 6.45) is 0. The quantitative estimate of drug-likeness (QED) is 0.655. The lowest BCUT2D eigenvalue weighted by atomic mass is 10.1. The van der Waals surface area contributed by atoms with Gasteiger partial charge in [-0.2, -0.15) is 0 Å². The van der Waals surface area contributed by atoms with Crippen LogP contribution in [-0.4, -0.2) is 10.8 Å². The molecule has 0 radical (unpaired) electrons. The first-order chi connectivity index (χ1) is 9.97. The van der Waals surface area contributed by atoms with Gasteiger partial charge in [0.25, 0.3) is 5.69 Å². The van der Waals surface area contributed by atoms with E-state index in [1.54, 1.807) is 30.3 Å². The van der Waals surface area contributed by atoms with E-state index in [1.807, 2.05) is 0 Å². The second kappa shape index (κ2) is 6.23. The number of halogens is 1. The van der Waals surface area contributed by atoms with E-state index in [0.29, 0.717) is 12.2 Å². The monoisotopic (exact) mass is 305 g/mol. The van der Waals surface area contributed by atoms with Crippen LogP contribution in [-0.2, 0) is 6.54 Å². The number of hydrogen-bond donors (Lipinski definition) is 2. The molecule has 0 aliphatic carbocycles. The minimum Gasteiger partial charge on any atom is -0.381 e. The van der Waals surface area contributed by atoms with Crippen molar-refractivity contribution in [1.29, 1.82) is 0 Å². The first-order valence-corrected chi connectivity index (χ1v) is 6.42. The summed E-state index contributed by atoms with van der Waals surface area (Å²) in [5.74, 6) is -0.612. The molecule has 0 saturated heterocycles. The van der Waals surface area contributed by atoms with Crippen molar-refractivity contribution >= 4 is 28.9 Å². The summed E-state index contributed by atoms with van der Waals surface area (Å²) in [6, 6.07) is 11.1. The van der Waals surface area contributed by atoms with Gasteiger partial charge >= 0.3 is 0 Å². The van der Waals surface area contributed by atoms with Crippen LogP contribution in [0, 0.1) is 10.1 Å². The summed E-state index contributed by atoms with van der Waals surface area (Å²) < 4.78 is 0. The number of hydrogen-bond acceptors (Lipinski definition) is 4. The zero-order chi connectivity index (χ0) is 15.4. The highest BCUT2D eigenvalue weighted by Gasteiger charge is 2.08. The van der Waals surface area contributed by atoms with Gasteiger partial charge in [0.1, 0.15) is 0 Å². The highest BCUT2D eigenvalue weighted by atomic mass is 35.5. The van der Waals surface area contributed by atoms with Crippen molar-refractivity contribution in [2.45, 2.75) is 6.54 Å². The summed E-state index contributed by atoms with van der Waals surface area (Å²) in [6.45, 7) is 0.377. The molecule has 6 nitrogen and oxygen atoms in total. The number of carbonyl (C=O) groups excluding carboxylic acids is 1. The molecule has 108 valence electrons. The third-order valence-corrected chi connectivity index (χ3v) is 3.18. The number of rotatable bonds is 5. The van der Waals surface area contributed by atoms with Gasteiger partial charge in [0.2, 0.25) is 5.91 Å². The Morgan fingerprint density at radius 3 is 2.71 bits per heavy atom. The molecular weight excluding hydrogens is 294 g/mol. The summed E-state index contributed by atoms with van der Waals surface area (Å²) in [7, 11) is 0. The Kier molecular flexibility index (Phi) is 4.39. The lowest BCUT2D eigenvalue weighted by molar-refractivity contribution is -0.384. The summed E-state index contributed by atoms with van der Waals surface area (Å²) in [5, 5.41) is 14.0. The van der Waals surface area contributed by atoms with E-state index in [2.05, 4.69) is 5.32 Å². The van der Waals surface area contributed by atoms with Crippen molar-refractivity contribution in [1.82, 2.24) is 0 Å². The largest absolute Gasteiger partial charge is 0.381 e. The second-order valence-corrected chi connectivity index (χ2v) is 4.75. The van der Waals surface area contributed by atoms with Gasteiger partial charge in [0.15, 0.2) is 0 Å². The topological polar surface area (TPSA) is 98.3 Å². The molecule has 2 rings (SSSR count). The maximum absolute atomic E-state index is 11.2. The number of nitro groups is 1. The first kappa shape index (κ1) is 14.8. The van der Waals surface area contributed by atoms with Crippen LogP contribution in [0.1, 0.15) is 15.9 Å². The van der Waals surface area contributed by atoms with Crippen molar-refractivity contribution in [3.8, 4) is 0 Å². The molecule has 7 heteroatoms. The molecule has 0 heterocycles. The fraction of sp³-hybridized carbons (Fsp3) is 0.0714. The second-order valence-electron chi connectivity index (χ2n) is 4.34. The molecule has 2 aromatic carbocycles. The van der Waals surface area contributed by atoms with Gasteiger partial charge in [0.05, 0.1) is 15.5 Å². The summed E-state index contributed by atoms with van der Waals surface area (Å²) >= 11 is 5.86. The fourth-order valence-electron chi connectivity index (χ4n) is 1.81. The van der Waals surface area contributed by atoms with Crippen LogP contribution in [0.2, 0.25) is 5.02 Å². The molecule has 0 spiro atoms. The molecule has 2 aromatic rings. The van der Waals surface area contributed by atoms with Gasteiger partial charge in [0, 0.05) is 24.4 Å². The van der Waals surface area contributed by atoms with Crippen LogP contribution < -0.4 is 11.1 Å². The van der Waals surface area contributed by atoms with Crippen molar-refractivity contribution < 1.29 is 9.72 Å². The van der Waals surface area contributed by atoms with E-state index < -0.39 is 10.8 Å². The van der Waals surface area contributed by atoms with Gasteiger partial charge in [-0.05, 0) is 23.8 Å². The average molecular weight is 306 g/mol. The number of nitrogens with zero attached hydrogens (tertiary/aromatic N) is 1. The smallest absolute Gasteiger partial charge is 0.269 e. The lowest BCUT2D eigenvalue weighted by Crippen LogP contribution is -2.12. The van der Waals surface area contributed by atoms with Crippen LogP contribution in [0.3, 0.4) is 0 Å². The Morgan fingerprint density at radius 2 is 2.05 bits per heavy atom. The van der Waals surface area contributed by atoms with Crippen LogP contribution in [0.5, 0.6) is 0 Å². The molecule has 1 amide bonds. The number of carbonyl (C=O) groups is 1. The van der Waals surface area contributed by atoms with Crippen molar-refractivity contribution in [3.63, 3.8) is 0 Å². The minimum absolute atomic E-state index is 0.0308. The van der Waals surface area contributed by atoms with E-state index >= 15 is 0 Å². The lowest BCUT2D eigenvalue weighted by Gasteiger charge is -2.08. The number of nitro benzene ring substituents is 1. The van der Waals surface area contributed by atoms with E-state index in [-0.39, 0.29) is 16.3 Å². The number of primary amides is 1. The summed E-state index contributed by atoms with van der Waals surface area (Å²) in [4.78, 5) is 21.5. The van der Waals surface area contributed by atoms with Crippen LogP contribution >= 0.6 is 11.6 Å². The molecule has 21 heavy (non-hydrogen) atoms. The first-order valence-electron chi connectivity index (χ1n) is 6.04. The van der Waals surface area contributed by atoms with Gasteiger partial charge in [-0.15, -0.1) is 0 Å². The Balaban J connectivity index is 2.13. The van der Waals surface area contributed by atoms with Gasteiger partial charge in [-0.3, -0.25) is 14.9 Å². The van der Waals surface area contributed by atoms with E-state index in [0.717, 1.165) is 5.56 Å². The van der Waals surface area contributed by atoms with Gasteiger partial charge in [-0.1, -0.05) is 23.7 Å². The molecule has 0 atom stereocenters. The van der Waals surface area contributed by atoms with Crippen LogP contribution in [0.15, 0.2) is 42.5 Å². The Labute approximate surface area is 125 Å². The number of amides is 1. The number of anilines is 1. The number of nitrogens with one attached hydrogen (secondary N) is 1. The van der Waals surface area contributed by atoms with E-state index in [9.17, 15) is 14.9 Å². The Bertz CT molecular complexity index is 704. The highest BCUT2D eigenvalue weighted by molar-refractivity contribution is 6.33. The average Bonchev–Trinajstić information content (AvgIpc) is 2.46. The molecule has 0 aromatic heterocycles. The van der Waals surface area contributed by atoms with Crippen molar-refractivity contribution in [3.05, 3.63) is 68.7 Å². The van der Waals surface area contributed by atoms with Crippen molar-refractivity contribution in [2.24, 2.45) is 5.73 Å². The van der Waals surface area contributed by atoms with E-state index in [4.69, 9.17) is 17.3 Å². The zero-order valence-electron chi connectivity index (χ0n) is 10.9. The van der Waals surface area contributed by atoms with Gasteiger partial charge in [-0.25, -0.2) is 0 Å². The number of non-ortho nitro benzene ring substituents is 1. The third kappa shape index (κ3) is 3.70. The molecule has 3 N–H and O–H groups in total. The standard InChI is InChI=1S/C14H12ClN3O3/c15-13-5-4-10(7-12(13)14(16)19)17-8-9-2-1-3-11(6-9)18(20)21/h1-7,17H,8H2,(H2,16,19). The molecular formula is C14H12ClN3O3. The molecule has 0 saturated carbocycles. The number of nitrogens with two attached hydrogens (primary N) is 1. The molecule has 0 unspecified atom stereocenters. The fourth-order valence-corrected chi connectivity index (χ4v) is 2.02. The third-order valence-electron chi connectivity index (χ3n) is 2.85. The molecule has 0 aliphatic rings. The highest BCUT2D eigenvalue weighted by Crippen LogP contribution is 2.21. The summed E-state index contributed by atoms with van der Waals surface area (Å²) in [5.41, 5.74) is 6.87. The minimum atomic E-state index is -0.612. The number of benzene rings is 2. The predicted molar refractivity (Wildman–Crippen MR) is 80.4 cm³/mol. The maximum Gasteiger partial charge on any atom is 0.269 e.